The van der Waals surface area contributed by atoms with E-state index in [0.717, 1.165) is 5.56 Å². The second kappa shape index (κ2) is 5.60. The average Bonchev–Trinajstić information content (AvgIpc) is 2.24. The second-order valence-corrected chi connectivity index (χ2v) is 3.14. The SMILES string of the molecule is CC(=O)C(=CC=Cc1ccccc1)[N+](=O)[O-]. The summed E-state index contributed by atoms with van der Waals surface area (Å²) in [6.45, 7) is 1.17. The molecule has 4 nitrogen and oxygen atoms in total. The molecule has 0 fully saturated rings. The van der Waals surface area contributed by atoms with Crippen LogP contribution >= 0.6 is 0 Å². The van der Waals surface area contributed by atoms with Crippen LogP contribution in [0.1, 0.15) is 12.5 Å². The van der Waals surface area contributed by atoms with Gasteiger partial charge in [-0.3, -0.25) is 14.9 Å². The van der Waals surface area contributed by atoms with E-state index in [4.69, 9.17) is 0 Å². The molecule has 4 heteroatoms. The lowest BCUT2D eigenvalue weighted by Crippen LogP contribution is -2.06. The maximum Gasteiger partial charge on any atom is 0.311 e. The zero-order valence-electron chi connectivity index (χ0n) is 8.79. The number of allylic oxidation sites excluding steroid dienone is 3. The highest BCUT2D eigenvalue weighted by atomic mass is 16.6. The Bertz CT molecular complexity index is 431. The summed E-state index contributed by atoms with van der Waals surface area (Å²) < 4.78 is 0. The van der Waals surface area contributed by atoms with Crippen molar-refractivity contribution in [2.75, 3.05) is 0 Å². The maximum absolute atomic E-state index is 10.9. The molecule has 16 heavy (non-hydrogen) atoms. The molecule has 0 aliphatic heterocycles. The number of benzene rings is 1. The van der Waals surface area contributed by atoms with Crippen molar-refractivity contribution in [1.82, 2.24) is 0 Å². The van der Waals surface area contributed by atoms with Gasteiger partial charge in [0.15, 0.2) is 0 Å². The standard InChI is InChI=1S/C12H11NO3/c1-10(14)12(13(15)16)9-5-8-11-6-3-2-4-7-11/h2-9H,1H3. The Morgan fingerprint density at radius 2 is 1.94 bits per heavy atom. The van der Waals surface area contributed by atoms with Gasteiger partial charge in [0, 0.05) is 13.0 Å². The fourth-order valence-corrected chi connectivity index (χ4v) is 1.12. The van der Waals surface area contributed by atoms with Crippen LogP contribution < -0.4 is 0 Å². The molecular formula is C12H11NO3. The van der Waals surface area contributed by atoms with Crippen LogP contribution in [0.2, 0.25) is 0 Å². The molecule has 0 spiro atoms. The summed E-state index contributed by atoms with van der Waals surface area (Å²) >= 11 is 0. The Morgan fingerprint density at radius 3 is 2.44 bits per heavy atom. The van der Waals surface area contributed by atoms with Crippen molar-refractivity contribution in [2.45, 2.75) is 6.92 Å². The van der Waals surface area contributed by atoms with Gasteiger partial charge in [0.05, 0.1) is 4.92 Å². The molecule has 0 bridgehead atoms. The molecule has 1 rings (SSSR count). The third-order valence-corrected chi connectivity index (χ3v) is 1.90. The molecule has 82 valence electrons. The van der Waals surface area contributed by atoms with Crippen LogP contribution in [0.5, 0.6) is 0 Å². The molecule has 0 unspecified atom stereocenters. The minimum atomic E-state index is -0.683. The lowest BCUT2D eigenvalue weighted by atomic mass is 10.2. The van der Waals surface area contributed by atoms with Gasteiger partial charge in [0.25, 0.3) is 0 Å². The second-order valence-electron chi connectivity index (χ2n) is 3.14. The topological polar surface area (TPSA) is 60.2 Å². The lowest BCUT2D eigenvalue weighted by molar-refractivity contribution is -0.418. The highest BCUT2D eigenvalue weighted by Gasteiger charge is 2.14. The van der Waals surface area contributed by atoms with Crippen LogP contribution in [0.25, 0.3) is 6.08 Å². The smallest absolute Gasteiger partial charge is 0.288 e. The molecule has 1 aromatic rings. The quantitative estimate of drug-likeness (QED) is 0.337. The van der Waals surface area contributed by atoms with E-state index in [9.17, 15) is 14.9 Å². The monoisotopic (exact) mass is 217 g/mol. The van der Waals surface area contributed by atoms with Gasteiger partial charge in [-0.25, -0.2) is 0 Å². The summed E-state index contributed by atoms with van der Waals surface area (Å²) in [7, 11) is 0. The lowest BCUT2D eigenvalue weighted by Gasteiger charge is -1.91. The molecule has 0 aromatic heterocycles. The van der Waals surface area contributed by atoms with Crippen molar-refractivity contribution >= 4 is 11.9 Å². The van der Waals surface area contributed by atoms with Crippen LogP contribution in [-0.2, 0) is 4.79 Å². The maximum atomic E-state index is 10.9. The molecular weight excluding hydrogens is 206 g/mol. The van der Waals surface area contributed by atoms with Gasteiger partial charge in [-0.05, 0) is 5.56 Å². The van der Waals surface area contributed by atoms with E-state index in [-0.39, 0.29) is 0 Å². The van der Waals surface area contributed by atoms with Crippen LogP contribution in [-0.4, -0.2) is 10.7 Å². The van der Waals surface area contributed by atoms with Gasteiger partial charge in [-0.2, -0.15) is 0 Å². The molecule has 0 heterocycles. The first-order valence-electron chi connectivity index (χ1n) is 4.70. The number of nitro groups is 1. The highest BCUT2D eigenvalue weighted by molar-refractivity contribution is 5.91. The first-order valence-corrected chi connectivity index (χ1v) is 4.70. The van der Waals surface area contributed by atoms with Gasteiger partial charge in [0.1, 0.15) is 0 Å². The number of hydrogen-bond donors (Lipinski definition) is 0. The fourth-order valence-electron chi connectivity index (χ4n) is 1.12. The van der Waals surface area contributed by atoms with E-state index >= 15 is 0 Å². The first-order chi connectivity index (χ1) is 7.61. The summed E-state index contributed by atoms with van der Waals surface area (Å²) in [5, 5.41) is 10.5. The number of nitrogens with zero attached hydrogens (tertiary/aromatic N) is 1. The molecule has 0 aliphatic rings. The van der Waals surface area contributed by atoms with E-state index < -0.39 is 16.4 Å². The van der Waals surface area contributed by atoms with Crippen molar-refractivity contribution in [3.63, 3.8) is 0 Å². The highest BCUT2D eigenvalue weighted by Crippen LogP contribution is 2.03. The molecule has 1 aromatic carbocycles. The van der Waals surface area contributed by atoms with E-state index in [1.54, 1.807) is 6.08 Å². The fraction of sp³-hybridized carbons (Fsp3) is 0.0833. The Kier molecular flexibility index (Phi) is 4.15. The van der Waals surface area contributed by atoms with Gasteiger partial charge in [-0.15, -0.1) is 0 Å². The van der Waals surface area contributed by atoms with Crippen molar-refractivity contribution in [3.8, 4) is 0 Å². The van der Waals surface area contributed by atoms with E-state index in [1.165, 1.54) is 19.1 Å². The predicted octanol–water partition coefficient (Wildman–Crippen LogP) is 2.45. The Labute approximate surface area is 93.1 Å². The number of carbonyl (C=O) groups excluding carboxylic acids is 1. The molecule has 0 radical (unpaired) electrons. The molecule has 0 aliphatic carbocycles. The zero-order chi connectivity index (χ0) is 12.0. The average molecular weight is 217 g/mol. The van der Waals surface area contributed by atoms with Gasteiger partial charge >= 0.3 is 5.70 Å². The summed E-state index contributed by atoms with van der Waals surface area (Å²) in [5.74, 6) is -0.553. The van der Waals surface area contributed by atoms with Crippen LogP contribution in [0.4, 0.5) is 0 Å². The number of rotatable bonds is 4. The van der Waals surface area contributed by atoms with E-state index in [1.807, 2.05) is 30.3 Å². The minimum Gasteiger partial charge on any atom is -0.288 e. The van der Waals surface area contributed by atoms with Crippen LogP contribution in [0, 0.1) is 10.1 Å². The normalized spacial score (nSPS) is 11.7. The Balaban J connectivity index is 2.82. The van der Waals surface area contributed by atoms with Crippen molar-refractivity contribution in [3.05, 3.63) is 63.9 Å². The molecule has 0 saturated heterocycles. The largest absolute Gasteiger partial charge is 0.311 e. The number of Topliss-reactive ketones (excluding diaryl/α,β-unsaturated/α-hetero) is 1. The molecule has 0 N–H and O–H groups in total. The van der Waals surface area contributed by atoms with Crippen molar-refractivity contribution < 1.29 is 9.72 Å². The van der Waals surface area contributed by atoms with E-state index in [0.29, 0.717) is 0 Å². The number of ketones is 1. The summed E-state index contributed by atoms with van der Waals surface area (Å²) in [4.78, 5) is 20.7. The predicted molar refractivity (Wildman–Crippen MR) is 61.2 cm³/mol. The van der Waals surface area contributed by atoms with Gasteiger partial charge in [0.2, 0.25) is 5.78 Å². The van der Waals surface area contributed by atoms with Crippen molar-refractivity contribution in [1.29, 1.82) is 0 Å². The minimum absolute atomic E-state index is 0.410. The third-order valence-electron chi connectivity index (χ3n) is 1.90. The Hall–Kier alpha value is -2.23. The summed E-state index contributed by atoms with van der Waals surface area (Å²) in [6, 6.07) is 9.34. The summed E-state index contributed by atoms with van der Waals surface area (Å²) in [6.07, 6.45) is 4.40. The third kappa shape index (κ3) is 3.49. The van der Waals surface area contributed by atoms with Gasteiger partial charge in [-0.1, -0.05) is 42.5 Å². The van der Waals surface area contributed by atoms with Gasteiger partial charge < -0.3 is 0 Å². The molecule has 0 atom stereocenters. The Morgan fingerprint density at radius 1 is 1.31 bits per heavy atom. The number of carbonyl (C=O) groups is 1. The zero-order valence-corrected chi connectivity index (χ0v) is 8.79. The van der Waals surface area contributed by atoms with Crippen LogP contribution in [0.15, 0.2) is 48.2 Å². The number of hydrogen-bond acceptors (Lipinski definition) is 3. The van der Waals surface area contributed by atoms with Crippen LogP contribution in [0.3, 0.4) is 0 Å². The molecule has 0 amide bonds. The first kappa shape index (κ1) is 11.8. The molecule has 0 saturated carbocycles. The van der Waals surface area contributed by atoms with Crippen molar-refractivity contribution in [2.24, 2.45) is 0 Å². The summed E-state index contributed by atoms with van der Waals surface area (Å²) in [5.41, 5.74) is 0.511. The van der Waals surface area contributed by atoms with E-state index in [2.05, 4.69) is 0 Å².